The minimum absolute atomic E-state index is 0.000888. The molecule has 0 aliphatic heterocycles. The Hall–Kier alpha value is -3.56. The molecule has 8 nitrogen and oxygen atoms in total. The SMILES string of the molecule is O=C(COc1ccccc1[N+](=O)[O-])N/N=C\c1ccc(OC(F)F)cc1. The highest BCUT2D eigenvalue weighted by atomic mass is 19.3. The van der Waals surface area contributed by atoms with Crippen LogP contribution in [0.4, 0.5) is 14.5 Å². The molecule has 10 heteroatoms. The van der Waals surface area contributed by atoms with Crippen LogP contribution in [0.1, 0.15) is 5.56 Å². The monoisotopic (exact) mass is 365 g/mol. The van der Waals surface area contributed by atoms with E-state index in [1.54, 1.807) is 6.07 Å². The van der Waals surface area contributed by atoms with Gasteiger partial charge >= 0.3 is 12.3 Å². The number of para-hydroxylation sites is 2. The first-order valence-corrected chi connectivity index (χ1v) is 7.18. The summed E-state index contributed by atoms with van der Waals surface area (Å²) < 4.78 is 33.4. The van der Waals surface area contributed by atoms with Crippen molar-refractivity contribution in [3.8, 4) is 11.5 Å². The second kappa shape index (κ2) is 9.06. The molecule has 0 fully saturated rings. The number of carbonyl (C=O) groups is 1. The Bertz CT molecular complexity index is 797. The topological polar surface area (TPSA) is 103 Å². The standard InChI is InChI=1S/C16H13F2N3O5/c17-16(18)26-12-7-5-11(6-8-12)9-19-20-15(22)10-25-14-4-2-1-3-13(14)21(23)24/h1-9,16H,10H2,(H,20,22)/b19-9-. The zero-order valence-electron chi connectivity index (χ0n) is 13.2. The van der Waals surface area contributed by atoms with Crippen LogP contribution >= 0.6 is 0 Å². The highest BCUT2D eigenvalue weighted by Gasteiger charge is 2.14. The van der Waals surface area contributed by atoms with Gasteiger partial charge in [-0.15, -0.1) is 0 Å². The Morgan fingerprint density at radius 2 is 1.92 bits per heavy atom. The molecule has 0 bridgehead atoms. The molecular formula is C16H13F2N3O5. The Labute approximate surface area is 146 Å². The van der Waals surface area contributed by atoms with Gasteiger partial charge in [-0.1, -0.05) is 12.1 Å². The molecular weight excluding hydrogens is 352 g/mol. The molecule has 0 heterocycles. The molecule has 2 aromatic rings. The number of hydrazone groups is 1. The highest BCUT2D eigenvalue weighted by Crippen LogP contribution is 2.25. The second-order valence-electron chi connectivity index (χ2n) is 4.75. The Balaban J connectivity index is 1.83. The van der Waals surface area contributed by atoms with Crippen LogP contribution in [0.5, 0.6) is 11.5 Å². The van der Waals surface area contributed by atoms with E-state index in [-0.39, 0.29) is 17.2 Å². The van der Waals surface area contributed by atoms with E-state index in [1.165, 1.54) is 48.7 Å². The van der Waals surface area contributed by atoms with Crippen molar-refractivity contribution < 1.29 is 28.0 Å². The van der Waals surface area contributed by atoms with E-state index >= 15 is 0 Å². The largest absolute Gasteiger partial charge is 0.477 e. The van der Waals surface area contributed by atoms with Crippen LogP contribution in [0.25, 0.3) is 0 Å². The van der Waals surface area contributed by atoms with Gasteiger partial charge in [0.05, 0.1) is 11.1 Å². The van der Waals surface area contributed by atoms with Gasteiger partial charge in [-0.05, 0) is 35.9 Å². The molecule has 1 N–H and O–H groups in total. The number of carbonyl (C=O) groups excluding carboxylic acids is 1. The van der Waals surface area contributed by atoms with Crippen molar-refractivity contribution in [1.82, 2.24) is 5.43 Å². The smallest absolute Gasteiger partial charge is 0.387 e. The van der Waals surface area contributed by atoms with Gasteiger partial charge in [-0.25, -0.2) is 5.43 Å². The van der Waals surface area contributed by atoms with Gasteiger partial charge < -0.3 is 9.47 Å². The van der Waals surface area contributed by atoms with Gasteiger partial charge in [0.15, 0.2) is 12.4 Å². The summed E-state index contributed by atoms with van der Waals surface area (Å²) in [7, 11) is 0. The molecule has 136 valence electrons. The fraction of sp³-hybridized carbons (Fsp3) is 0.125. The van der Waals surface area contributed by atoms with Crippen molar-refractivity contribution in [2.75, 3.05) is 6.61 Å². The molecule has 0 aliphatic carbocycles. The first-order valence-electron chi connectivity index (χ1n) is 7.18. The molecule has 1 amide bonds. The quantitative estimate of drug-likeness (QED) is 0.440. The zero-order valence-corrected chi connectivity index (χ0v) is 13.2. The van der Waals surface area contributed by atoms with Crippen LogP contribution in [0, 0.1) is 10.1 Å². The number of ether oxygens (including phenoxy) is 2. The van der Waals surface area contributed by atoms with Crippen LogP contribution in [-0.2, 0) is 4.79 Å². The number of hydrogen-bond acceptors (Lipinski definition) is 6. The molecule has 0 atom stereocenters. The van der Waals surface area contributed by atoms with Gasteiger partial charge in [0, 0.05) is 6.07 Å². The number of halogens is 2. The maximum absolute atomic E-state index is 12.0. The lowest BCUT2D eigenvalue weighted by Gasteiger charge is -2.05. The predicted molar refractivity (Wildman–Crippen MR) is 87.4 cm³/mol. The normalized spacial score (nSPS) is 10.7. The molecule has 0 radical (unpaired) electrons. The first kappa shape index (κ1) is 18.8. The summed E-state index contributed by atoms with van der Waals surface area (Å²) in [5.74, 6) is -0.664. The number of hydrogen-bond donors (Lipinski definition) is 1. The third kappa shape index (κ3) is 5.82. The van der Waals surface area contributed by atoms with E-state index in [0.29, 0.717) is 5.56 Å². The van der Waals surface area contributed by atoms with Crippen molar-refractivity contribution in [1.29, 1.82) is 0 Å². The number of amides is 1. The number of nitro groups is 1. The van der Waals surface area contributed by atoms with Gasteiger partial charge in [-0.2, -0.15) is 13.9 Å². The molecule has 0 spiro atoms. The number of rotatable bonds is 8. The lowest BCUT2D eigenvalue weighted by Crippen LogP contribution is -2.24. The number of nitro benzene ring substituents is 1. The van der Waals surface area contributed by atoms with Crippen LogP contribution in [-0.4, -0.2) is 30.3 Å². The Kier molecular flexibility index (Phi) is 6.54. The Morgan fingerprint density at radius 1 is 1.23 bits per heavy atom. The lowest BCUT2D eigenvalue weighted by molar-refractivity contribution is -0.385. The van der Waals surface area contributed by atoms with Crippen LogP contribution in [0.15, 0.2) is 53.6 Å². The fourth-order valence-electron chi connectivity index (χ4n) is 1.82. The fourth-order valence-corrected chi connectivity index (χ4v) is 1.82. The summed E-state index contributed by atoms with van der Waals surface area (Å²) in [4.78, 5) is 21.9. The summed E-state index contributed by atoms with van der Waals surface area (Å²) in [5.41, 5.74) is 2.46. The molecule has 0 aliphatic rings. The highest BCUT2D eigenvalue weighted by molar-refractivity contribution is 5.83. The Morgan fingerprint density at radius 3 is 2.58 bits per heavy atom. The average molecular weight is 365 g/mol. The van der Waals surface area contributed by atoms with Crippen molar-refractivity contribution >= 4 is 17.8 Å². The van der Waals surface area contributed by atoms with Crippen LogP contribution in [0.3, 0.4) is 0 Å². The van der Waals surface area contributed by atoms with E-state index in [4.69, 9.17) is 4.74 Å². The number of benzene rings is 2. The summed E-state index contributed by atoms with van der Waals surface area (Å²) >= 11 is 0. The maximum Gasteiger partial charge on any atom is 0.387 e. The zero-order chi connectivity index (χ0) is 18.9. The molecule has 2 rings (SSSR count). The van der Waals surface area contributed by atoms with Gasteiger partial charge in [0.2, 0.25) is 0 Å². The summed E-state index contributed by atoms with van der Waals surface area (Å²) in [6.07, 6.45) is 1.29. The predicted octanol–water partition coefficient (Wildman–Crippen LogP) is 2.73. The molecule has 0 unspecified atom stereocenters. The van der Waals surface area contributed by atoms with E-state index in [2.05, 4.69) is 15.3 Å². The van der Waals surface area contributed by atoms with E-state index in [1.807, 2.05) is 0 Å². The van der Waals surface area contributed by atoms with Crippen molar-refractivity contribution in [2.24, 2.45) is 5.10 Å². The molecule has 0 saturated carbocycles. The van der Waals surface area contributed by atoms with E-state index < -0.39 is 24.0 Å². The van der Waals surface area contributed by atoms with Crippen molar-refractivity contribution in [2.45, 2.75) is 6.61 Å². The number of alkyl halides is 2. The lowest BCUT2D eigenvalue weighted by atomic mass is 10.2. The van der Waals surface area contributed by atoms with Gasteiger partial charge in [0.25, 0.3) is 5.91 Å². The number of nitrogens with one attached hydrogen (secondary N) is 1. The van der Waals surface area contributed by atoms with Crippen LogP contribution in [0.2, 0.25) is 0 Å². The molecule has 2 aromatic carbocycles. The molecule has 0 aromatic heterocycles. The van der Waals surface area contributed by atoms with Gasteiger partial charge in [-0.3, -0.25) is 14.9 Å². The maximum atomic E-state index is 12.0. The molecule has 26 heavy (non-hydrogen) atoms. The van der Waals surface area contributed by atoms with Gasteiger partial charge in [0.1, 0.15) is 5.75 Å². The summed E-state index contributed by atoms with van der Waals surface area (Å²) in [5, 5.41) is 14.5. The summed E-state index contributed by atoms with van der Waals surface area (Å²) in [6, 6.07) is 11.2. The minimum atomic E-state index is -2.91. The van der Waals surface area contributed by atoms with Crippen molar-refractivity contribution in [3.05, 3.63) is 64.2 Å². The third-order valence-corrected chi connectivity index (χ3v) is 2.93. The minimum Gasteiger partial charge on any atom is -0.477 e. The number of nitrogens with zero attached hydrogens (tertiary/aromatic N) is 2. The summed E-state index contributed by atoms with van der Waals surface area (Å²) in [6.45, 7) is -3.38. The second-order valence-corrected chi connectivity index (χ2v) is 4.75. The molecule has 0 saturated heterocycles. The average Bonchev–Trinajstić information content (AvgIpc) is 2.61. The van der Waals surface area contributed by atoms with E-state index in [0.717, 1.165) is 0 Å². The van der Waals surface area contributed by atoms with E-state index in [9.17, 15) is 23.7 Å². The first-order chi connectivity index (χ1) is 12.5. The third-order valence-electron chi connectivity index (χ3n) is 2.93. The van der Waals surface area contributed by atoms with Crippen molar-refractivity contribution in [3.63, 3.8) is 0 Å². The van der Waals surface area contributed by atoms with Crippen LogP contribution < -0.4 is 14.9 Å².